The van der Waals surface area contributed by atoms with Crippen LogP contribution in [0.5, 0.6) is 0 Å². The van der Waals surface area contributed by atoms with E-state index in [4.69, 9.17) is 4.42 Å². The highest BCUT2D eigenvalue weighted by molar-refractivity contribution is 5.94. The zero-order chi connectivity index (χ0) is 15.8. The summed E-state index contributed by atoms with van der Waals surface area (Å²) < 4.78 is 5.20. The van der Waals surface area contributed by atoms with Gasteiger partial charge >= 0.3 is 0 Å². The number of rotatable bonds is 6. The Labute approximate surface area is 129 Å². The second kappa shape index (κ2) is 7.83. The van der Waals surface area contributed by atoms with Crippen LogP contribution in [0.25, 0.3) is 6.08 Å². The smallest absolute Gasteiger partial charge is 0.244 e. The zero-order valence-electron chi connectivity index (χ0n) is 12.3. The van der Waals surface area contributed by atoms with Crippen molar-refractivity contribution in [1.29, 1.82) is 0 Å². The Bertz CT molecular complexity index is 633. The van der Waals surface area contributed by atoms with Gasteiger partial charge in [0.25, 0.3) is 0 Å². The molecule has 22 heavy (non-hydrogen) atoms. The second-order valence-corrected chi connectivity index (χ2v) is 4.77. The zero-order valence-corrected chi connectivity index (χ0v) is 12.3. The molecule has 0 unspecified atom stereocenters. The van der Waals surface area contributed by atoms with E-state index in [0.717, 1.165) is 5.56 Å². The van der Waals surface area contributed by atoms with E-state index < -0.39 is 0 Å². The molecular weight excluding hydrogens is 280 g/mol. The minimum atomic E-state index is -0.315. The molecule has 0 radical (unpaired) electrons. The van der Waals surface area contributed by atoms with Crippen molar-refractivity contribution in [3.8, 4) is 0 Å². The molecule has 0 spiro atoms. The Balaban J connectivity index is 1.74. The van der Waals surface area contributed by atoms with Gasteiger partial charge in [-0.1, -0.05) is 30.3 Å². The van der Waals surface area contributed by atoms with E-state index in [2.05, 4.69) is 10.6 Å². The highest BCUT2D eigenvalue weighted by atomic mass is 16.3. The number of carbonyl (C=O) groups excluding carboxylic acids is 2. The fraction of sp³-hybridized carbons (Fsp3) is 0.176. The molecule has 114 valence electrons. The predicted molar refractivity (Wildman–Crippen MR) is 83.8 cm³/mol. The minimum absolute atomic E-state index is 0.0803. The molecule has 0 saturated carbocycles. The Morgan fingerprint density at radius 3 is 2.64 bits per heavy atom. The lowest BCUT2D eigenvalue weighted by molar-refractivity contribution is -0.124. The Morgan fingerprint density at radius 1 is 1.18 bits per heavy atom. The molecule has 0 aliphatic rings. The van der Waals surface area contributed by atoms with Crippen LogP contribution < -0.4 is 10.6 Å². The summed E-state index contributed by atoms with van der Waals surface area (Å²) in [4.78, 5) is 23.4. The average molecular weight is 298 g/mol. The number of hydrogen-bond donors (Lipinski definition) is 2. The number of carbonyl (C=O) groups is 2. The molecule has 0 aliphatic carbocycles. The van der Waals surface area contributed by atoms with E-state index in [1.165, 1.54) is 6.08 Å². The van der Waals surface area contributed by atoms with E-state index in [-0.39, 0.29) is 24.4 Å². The molecule has 1 heterocycles. The highest BCUT2D eigenvalue weighted by Crippen LogP contribution is 2.11. The molecular formula is C17H18N2O3. The average Bonchev–Trinajstić information content (AvgIpc) is 3.06. The van der Waals surface area contributed by atoms with Crippen molar-refractivity contribution < 1.29 is 14.0 Å². The molecule has 0 fully saturated rings. The normalized spacial score (nSPS) is 12.0. The lowest BCUT2D eigenvalue weighted by atomic mass is 10.2. The summed E-state index contributed by atoms with van der Waals surface area (Å²) in [5.41, 5.74) is 0.925. The summed E-state index contributed by atoms with van der Waals surface area (Å²) in [6.45, 7) is 1.73. The Morgan fingerprint density at radius 2 is 1.95 bits per heavy atom. The van der Waals surface area contributed by atoms with Crippen molar-refractivity contribution in [2.24, 2.45) is 0 Å². The molecule has 2 amide bonds. The van der Waals surface area contributed by atoms with Crippen molar-refractivity contribution in [3.05, 3.63) is 66.1 Å². The summed E-state index contributed by atoms with van der Waals surface area (Å²) in [6, 6.07) is 12.8. The van der Waals surface area contributed by atoms with Crippen LogP contribution in [-0.2, 0) is 9.59 Å². The molecule has 2 aromatic rings. The third-order valence-electron chi connectivity index (χ3n) is 3.00. The van der Waals surface area contributed by atoms with Gasteiger partial charge in [0.1, 0.15) is 5.76 Å². The van der Waals surface area contributed by atoms with Crippen LogP contribution in [-0.4, -0.2) is 18.4 Å². The maximum Gasteiger partial charge on any atom is 0.244 e. The van der Waals surface area contributed by atoms with Gasteiger partial charge < -0.3 is 15.1 Å². The fourth-order valence-corrected chi connectivity index (χ4v) is 1.86. The lowest BCUT2D eigenvalue weighted by Gasteiger charge is -2.11. The van der Waals surface area contributed by atoms with Crippen LogP contribution in [0, 0.1) is 0 Å². The van der Waals surface area contributed by atoms with E-state index in [9.17, 15) is 9.59 Å². The molecule has 0 saturated heterocycles. The standard InChI is InChI=1S/C17H18N2O3/c1-13(15-8-5-11-22-15)19-17(21)12-18-16(20)10-9-14-6-3-2-4-7-14/h2-11,13H,12H2,1H3,(H,18,20)(H,19,21)/b10-9+/t13-/m1/s1. The first-order valence-corrected chi connectivity index (χ1v) is 6.99. The number of benzene rings is 1. The molecule has 5 heteroatoms. The van der Waals surface area contributed by atoms with Crippen LogP contribution in [0.4, 0.5) is 0 Å². The molecule has 1 aromatic carbocycles. The van der Waals surface area contributed by atoms with Gasteiger partial charge in [-0.3, -0.25) is 9.59 Å². The van der Waals surface area contributed by atoms with Crippen molar-refractivity contribution >= 4 is 17.9 Å². The van der Waals surface area contributed by atoms with Gasteiger partial charge in [0, 0.05) is 6.08 Å². The molecule has 1 atom stereocenters. The van der Waals surface area contributed by atoms with Crippen molar-refractivity contribution in [1.82, 2.24) is 10.6 Å². The summed E-state index contributed by atoms with van der Waals surface area (Å²) in [7, 11) is 0. The Hall–Kier alpha value is -2.82. The molecule has 0 bridgehead atoms. The van der Waals surface area contributed by atoms with E-state index >= 15 is 0 Å². The predicted octanol–water partition coefficient (Wildman–Crippen LogP) is 2.29. The number of nitrogens with one attached hydrogen (secondary N) is 2. The van der Waals surface area contributed by atoms with Gasteiger partial charge in [0.05, 0.1) is 18.8 Å². The SMILES string of the molecule is C[C@@H](NC(=O)CNC(=O)/C=C/c1ccccc1)c1ccco1. The maximum atomic E-state index is 11.7. The number of hydrogen-bond acceptors (Lipinski definition) is 3. The molecule has 0 aliphatic heterocycles. The van der Waals surface area contributed by atoms with Gasteiger partial charge in [-0.15, -0.1) is 0 Å². The molecule has 5 nitrogen and oxygen atoms in total. The van der Waals surface area contributed by atoms with Gasteiger partial charge in [-0.2, -0.15) is 0 Å². The molecule has 1 aromatic heterocycles. The van der Waals surface area contributed by atoms with Gasteiger partial charge in [-0.05, 0) is 30.7 Å². The second-order valence-electron chi connectivity index (χ2n) is 4.77. The van der Waals surface area contributed by atoms with E-state index in [0.29, 0.717) is 5.76 Å². The fourth-order valence-electron chi connectivity index (χ4n) is 1.86. The van der Waals surface area contributed by atoms with Crippen LogP contribution in [0.3, 0.4) is 0 Å². The van der Waals surface area contributed by atoms with Gasteiger partial charge in [0.15, 0.2) is 0 Å². The quantitative estimate of drug-likeness (QED) is 0.804. The van der Waals surface area contributed by atoms with E-state index in [1.807, 2.05) is 37.3 Å². The minimum Gasteiger partial charge on any atom is -0.467 e. The highest BCUT2D eigenvalue weighted by Gasteiger charge is 2.11. The first-order chi connectivity index (χ1) is 10.6. The third kappa shape index (κ3) is 4.94. The van der Waals surface area contributed by atoms with Gasteiger partial charge in [0.2, 0.25) is 11.8 Å². The number of furan rings is 1. The summed E-state index contributed by atoms with van der Waals surface area (Å²) in [6.07, 6.45) is 4.64. The van der Waals surface area contributed by atoms with Crippen LogP contribution in [0.2, 0.25) is 0 Å². The molecule has 2 N–H and O–H groups in total. The third-order valence-corrected chi connectivity index (χ3v) is 3.00. The largest absolute Gasteiger partial charge is 0.467 e. The summed E-state index contributed by atoms with van der Waals surface area (Å²) in [5.74, 6) is 0.0821. The Kier molecular flexibility index (Phi) is 5.54. The van der Waals surface area contributed by atoms with Crippen LogP contribution >= 0.6 is 0 Å². The topological polar surface area (TPSA) is 71.3 Å². The lowest BCUT2D eigenvalue weighted by Crippen LogP contribution is -2.37. The maximum absolute atomic E-state index is 11.7. The summed E-state index contributed by atoms with van der Waals surface area (Å²) >= 11 is 0. The monoisotopic (exact) mass is 298 g/mol. The molecule has 2 rings (SSSR count). The van der Waals surface area contributed by atoms with E-state index in [1.54, 1.807) is 24.5 Å². The van der Waals surface area contributed by atoms with Crippen LogP contribution in [0.1, 0.15) is 24.3 Å². The van der Waals surface area contributed by atoms with Crippen molar-refractivity contribution in [3.63, 3.8) is 0 Å². The first-order valence-electron chi connectivity index (χ1n) is 6.99. The van der Waals surface area contributed by atoms with Crippen molar-refractivity contribution in [2.45, 2.75) is 13.0 Å². The van der Waals surface area contributed by atoms with Gasteiger partial charge in [-0.25, -0.2) is 0 Å². The first kappa shape index (κ1) is 15.6. The number of amides is 2. The van der Waals surface area contributed by atoms with Crippen molar-refractivity contribution in [2.75, 3.05) is 6.54 Å². The summed E-state index contributed by atoms with van der Waals surface area (Å²) in [5, 5.41) is 5.27. The van der Waals surface area contributed by atoms with Crippen LogP contribution in [0.15, 0.2) is 59.2 Å².